The quantitative estimate of drug-likeness (QED) is 0.751. The van der Waals surface area contributed by atoms with Gasteiger partial charge in [-0.1, -0.05) is 6.07 Å². The summed E-state index contributed by atoms with van der Waals surface area (Å²) >= 11 is 0. The van der Waals surface area contributed by atoms with Crippen molar-refractivity contribution in [2.24, 2.45) is 0 Å². The normalized spacial score (nSPS) is 10.3. The minimum atomic E-state index is -0.213. The molecule has 128 valence electrons. The van der Waals surface area contributed by atoms with Crippen molar-refractivity contribution >= 4 is 5.91 Å². The van der Waals surface area contributed by atoms with Crippen LogP contribution in [0.25, 0.3) is 5.69 Å². The number of amides is 1. The third-order valence-corrected chi connectivity index (χ3v) is 3.79. The largest absolute Gasteiger partial charge is 0.493 e. The highest BCUT2D eigenvalue weighted by Gasteiger charge is 2.18. The van der Waals surface area contributed by atoms with Crippen LogP contribution in [0.1, 0.15) is 16.1 Å². The van der Waals surface area contributed by atoms with Crippen LogP contribution in [0.5, 0.6) is 11.5 Å². The summed E-state index contributed by atoms with van der Waals surface area (Å²) in [6.45, 7) is 0.346. The van der Waals surface area contributed by atoms with Gasteiger partial charge < -0.3 is 19.4 Å². The smallest absolute Gasteiger partial charge is 0.253 e. The number of carbonyl (C=O) groups is 1. The van der Waals surface area contributed by atoms with Gasteiger partial charge in [0, 0.05) is 24.7 Å². The maximum atomic E-state index is 12.8. The first kappa shape index (κ1) is 16.6. The minimum absolute atomic E-state index is 0.213. The molecule has 0 aliphatic rings. The molecule has 2 aromatic heterocycles. The van der Waals surface area contributed by atoms with E-state index in [0.717, 1.165) is 5.69 Å². The zero-order valence-corrected chi connectivity index (χ0v) is 14.1. The molecule has 0 bridgehead atoms. The van der Waals surface area contributed by atoms with Crippen LogP contribution in [0, 0.1) is 0 Å². The Hall–Kier alpha value is -3.28. The number of rotatable bonds is 6. The Bertz CT molecular complexity index is 846. The number of benzene rings is 1. The molecular formula is C19H19N3O3. The summed E-state index contributed by atoms with van der Waals surface area (Å²) in [5.41, 5.74) is 1.99. The van der Waals surface area contributed by atoms with E-state index in [9.17, 15) is 4.79 Å². The van der Waals surface area contributed by atoms with E-state index in [1.54, 1.807) is 32.5 Å². The number of methoxy groups -OCH3 is 2. The summed E-state index contributed by atoms with van der Waals surface area (Å²) in [5, 5.41) is 2.90. The van der Waals surface area contributed by atoms with E-state index in [2.05, 4.69) is 10.3 Å². The summed E-state index contributed by atoms with van der Waals surface area (Å²) in [7, 11) is 3.11. The first-order chi connectivity index (χ1) is 12.2. The molecule has 25 heavy (non-hydrogen) atoms. The molecule has 1 amide bonds. The Balaban J connectivity index is 1.94. The minimum Gasteiger partial charge on any atom is -0.493 e. The molecule has 0 aliphatic heterocycles. The first-order valence-corrected chi connectivity index (χ1v) is 7.80. The molecule has 0 fully saturated rings. The molecule has 0 spiro atoms. The van der Waals surface area contributed by atoms with E-state index in [-0.39, 0.29) is 5.91 Å². The second kappa shape index (κ2) is 7.53. The van der Waals surface area contributed by atoms with Gasteiger partial charge in [-0.2, -0.15) is 0 Å². The van der Waals surface area contributed by atoms with Gasteiger partial charge >= 0.3 is 0 Å². The zero-order valence-electron chi connectivity index (χ0n) is 14.1. The predicted octanol–water partition coefficient (Wildman–Crippen LogP) is 2.82. The van der Waals surface area contributed by atoms with Crippen LogP contribution in [0.2, 0.25) is 0 Å². The molecule has 3 aromatic rings. The van der Waals surface area contributed by atoms with E-state index < -0.39 is 0 Å². The molecule has 0 unspecified atom stereocenters. The Morgan fingerprint density at radius 3 is 2.44 bits per heavy atom. The highest BCUT2D eigenvalue weighted by atomic mass is 16.5. The molecule has 2 heterocycles. The maximum absolute atomic E-state index is 12.8. The number of nitrogens with one attached hydrogen (secondary N) is 1. The second-order valence-electron chi connectivity index (χ2n) is 5.32. The fourth-order valence-corrected chi connectivity index (χ4v) is 2.53. The summed E-state index contributed by atoms with van der Waals surface area (Å²) in [6, 6.07) is 12.8. The van der Waals surface area contributed by atoms with E-state index in [1.165, 1.54) is 0 Å². The molecule has 0 saturated carbocycles. The highest BCUT2D eigenvalue weighted by Crippen LogP contribution is 2.32. The van der Waals surface area contributed by atoms with Gasteiger partial charge in [-0.15, -0.1) is 0 Å². The number of hydrogen-bond donors (Lipinski definition) is 1. The third kappa shape index (κ3) is 3.63. The molecule has 3 rings (SSSR count). The number of carbonyl (C=O) groups excluding carboxylic acids is 1. The lowest BCUT2D eigenvalue weighted by Crippen LogP contribution is -2.24. The van der Waals surface area contributed by atoms with Gasteiger partial charge in [0.05, 0.1) is 37.7 Å². The van der Waals surface area contributed by atoms with Gasteiger partial charge in [0.2, 0.25) is 0 Å². The van der Waals surface area contributed by atoms with E-state index in [4.69, 9.17) is 9.47 Å². The topological polar surface area (TPSA) is 65.4 Å². The second-order valence-corrected chi connectivity index (χ2v) is 5.32. The van der Waals surface area contributed by atoms with E-state index in [0.29, 0.717) is 29.3 Å². The Kier molecular flexibility index (Phi) is 4.99. The monoisotopic (exact) mass is 337 g/mol. The average Bonchev–Trinajstić information content (AvgIpc) is 3.20. The molecular weight excluding hydrogens is 318 g/mol. The van der Waals surface area contributed by atoms with Gasteiger partial charge in [-0.05, 0) is 30.3 Å². The number of pyridine rings is 1. The molecule has 0 atom stereocenters. The van der Waals surface area contributed by atoms with Crippen LogP contribution in [0.3, 0.4) is 0 Å². The lowest BCUT2D eigenvalue weighted by Gasteiger charge is -2.15. The standard InChI is InChI=1S/C19H19N3O3/c1-24-17-11-15(19(23)21-13-14-7-3-4-8-20-14)16(12-18(17)25-2)22-9-5-6-10-22/h3-12H,13H2,1-2H3,(H,21,23). The van der Waals surface area contributed by atoms with Gasteiger partial charge in [0.1, 0.15) is 0 Å². The summed E-state index contributed by atoms with van der Waals surface area (Å²) in [5.74, 6) is 0.851. The van der Waals surface area contributed by atoms with Crippen LogP contribution in [0.4, 0.5) is 0 Å². The Morgan fingerprint density at radius 2 is 1.80 bits per heavy atom. The van der Waals surface area contributed by atoms with Gasteiger partial charge in [0.25, 0.3) is 5.91 Å². The molecule has 6 nitrogen and oxygen atoms in total. The number of hydrogen-bond acceptors (Lipinski definition) is 4. The van der Waals surface area contributed by atoms with Crippen LogP contribution in [0.15, 0.2) is 61.1 Å². The van der Waals surface area contributed by atoms with Gasteiger partial charge in [-0.25, -0.2) is 0 Å². The Morgan fingerprint density at radius 1 is 1.08 bits per heavy atom. The lowest BCUT2D eigenvalue weighted by atomic mass is 10.1. The van der Waals surface area contributed by atoms with Crippen molar-refractivity contribution < 1.29 is 14.3 Å². The van der Waals surface area contributed by atoms with Gasteiger partial charge in [-0.3, -0.25) is 9.78 Å². The summed E-state index contributed by atoms with van der Waals surface area (Å²) in [6.07, 6.45) is 5.44. The molecule has 6 heteroatoms. The highest BCUT2D eigenvalue weighted by molar-refractivity contribution is 5.98. The van der Waals surface area contributed by atoms with E-state index >= 15 is 0 Å². The van der Waals surface area contributed by atoms with Crippen LogP contribution < -0.4 is 14.8 Å². The number of nitrogens with zero attached hydrogens (tertiary/aromatic N) is 2. The molecule has 0 radical (unpaired) electrons. The molecule has 1 N–H and O–H groups in total. The van der Waals surface area contributed by atoms with Crippen molar-refractivity contribution in [2.45, 2.75) is 6.54 Å². The maximum Gasteiger partial charge on any atom is 0.253 e. The van der Waals surface area contributed by atoms with Crippen LogP contribution in [-0.2, 0) is 6.54 Å². The fraction of sp³-hybridized carbons (Fsp3) is 0.158. The fourth-order valence-electron chi connectivity index (χ4n) is 2.53. The van der Waals surface area contributed by atoms with Gasteiger partial charge in [0.15, 0.2) is 11.5 Å². The van der Waals surface area contributed by atoms with Crippen LogP contribution in [-0.4, -0.2) is 29.7 Å². The van der Waals surface area contributed by atoms with E-state index in [1.807, 2.05) is 47.3 Å². The lowest BCUT2D eigenvalue weighted by molar-refractivity contribution is 0.0950. The SMILES string of the molecule is COc1cc(C(=O)NCc2ccccn2)c(-n2cccc2)cc1OC. The summed E-state index contributed by atoms with van der Waals surface area (Å²) < 4.78 is 12.6. The summed E-state index contributed by atoms with van der Waals surface area (Å²) in [4.78, 5) is 17.0. The molecule has 0 aliphatic carbocycles. The Labute approximate surface area is 146 Å². The van der Waals surface area contributed by atoms with Crippen molar-refractivity contribution in [3.05, 3.63) is 72.3 Å². The predicted molar refractivity (Wildman–Crippen MR) is 94.3 cm³/mol. The van der Waals surface area contributed by atoms with Crippen molar-refractivity contribution in [1.29, 1.82) is 0 Å². The average molecular weight is 337 g/mol. The van der Waals surface area contributed by atoms with Crippen molar-refractivity contribution in [3.8, 4) is 17.2 Å². The number of aromatic nitrogens is 2. The van der Waals surface area contributed by atoms with Crippen LogP contribution >= 0.6 is 0 Å². The van der Waals surface area contributed by atoms with Crippen molar-refractivity contribution in [3.63, 3.8) is 0 Å². The van der Waals surface area contributed by atoms with Crippen molar-refractivity contribution in [1.82, 2.24) is 14.9 Å². The van der Waals surface area contributed by atoms with Crippen molar-refractivity contribution in [2.75, 3.05) is 14.2 Å². The molecule has 1 aromatic carbocycles. The molecule has 0 saturated heterocycles. The number of ether oxygens (including phenoxy) is 2. The zero-order chi connectivity index (χ0) is 17.6. The first-order valence-electron chi connectivity index (χ1n) is 7.80. The third-order valence-electron chi connectivity index (χ3n) is 3.79.